The number of nitrogens with one attached hydrogen (secondary N) is 1. The maximum atomic E-state index is 15.5. The quantitative estimate of drug-likeness (QED) is 0.455. The van der Waals surface area contributed by atoms with E-state index in [1.54, 1.807) is 0 Å². The molecule has 0 spiro atoms. The minimum absolute atomic E-state index is 0.0312. The summed E-state index contributed by atoms with van der Waals surface area (Å²) in [6.45, 7) is 3.59. The molecule has 206 valence electrons. The van der Waals surface area contributed by atoms with Crippen molar-refractivity contribution >= 4 is 39.1 Å². The predicted octanol–water partition coefficient (Wildman–Crippen LogP) is 5.27. The van der Waals surface area contributed by atoms with Gasteiger partial charge in [0.15, 0.2) is 21.4 Å². The van der Waals surface area contributed by atoms with Crippen LogP contribution in [0.1, 0.15) is 45.1 Å². The van der Waals surface area contributed by atoms with E-state index in [2.05, 4.69) is 5.32 Å². The van der Waals surface area contributed by atoms with Crippen molar-refractivity contribution < 1.29 is 31.5 Å². The van der Waals surface area contributed by atoms with Gasteiger partial charge in [0.25, 0.3) is 0 Å². The Morgan fingerprint density at radius 2 is 1.84 bits per heavy atom. The van der Waals surface area contributed by atoms with E-state index in [-0.39, 0.29) is 47.8 Å². The van der Waals surface area contributed by atoms with Gasteiger partial charge in [-0.2, -0.15) is 0 Å². The molecule has 2 heterocycles. The topological polar surface area (TPSA) is 81.7 Å². The van der Waals surface area contributed by atoms with E-state index in [9.17, 15) is 17.6 Å². The van der Waals surface area contributed by atoms with Crippen LogP contribution in [0.4, 0.5) is 8.78 Å². The Morgan fingerprint density at radius 1 is 1.16 bits per heavy atom. The Kier molecular flexibility index (Phi) is 7.47. The largest absolute Gasteiger partial charge is 0.490 e. The van der Waals surface area contributed by atoms with Gasteiger partial charge in [-0.25, -0.2) is 17.2 Å². The third kappa shape index (κ3) is 4.82. The smallest absolute Gasteiger partial charge is 0.235 e. The average molecular weight is 586 g/mol. The van der Waals surface area contributed by atoms with Gasteiger partial charge in [-0.05, 0) is 81.7 Å². The molecule has 3 atom stereocenters. The van der Waals surface area contributed by atoms with Crippen LogP contribution in [0.15, 0.2) is 41.3 Å². The van der Waals surface area contributed by atoms with Crippen LogP contribution < -0.4 is 10.1 Å². The zero-order valence-electron chi connectivity index (χ0n) is 21.1. The second-order valence-electron chi connectivity index (χ2n) is 10.6. The first-order valence-corrected chi connectivity index (χ1v) is 15.5. The molecule has 2 aromatic rings. The van der Waals surface area contributed by atoms with E-state index in [0.717, 1.165) is 25.0 Å². The minimum Gasteiger partial charge on any atom is -0.490 e. The molecule has 2 aromatic carbocycles. The second-order valence-corrected chi connectivity index (χ2v) is 14.9. The number of thioether (sulfide) groups is 1. The van der Waals surface area contributed by atoms with Gasteiger partial charge >= 0.3 is 0 Å². The normalized spacial score (nSPS) is 25.2. The lowest BCUT2D eigenvalue weighted by Gasteiger charge is -2.50. The maximum absolute atomic E-state index is 15.5. The summed E-state index contributed by atoms with van der Waals surface area (Å²) in [5.74, 6) is -2.36. The zero-order valence-corrected chi connectivity index (χ0v) is 23.5. The van der Waals surface area contributed by atoms with Gasteiger partial charge in [0, 0.05) is 23.6 Å². The fourth-order valence-electron chi connectivity index (χ4n) is 5.42. The molecule has 38 heavy (non-hydrogen) atoms. The lowest BCUT2D eigenvalue weighted by Crippen LogP contribution is -2.57. The molecule has 1 saturated heterocycles. The van der Waals surface area contributed by atoms with Gasteiger partial charge in [0.2, 0.25) is 5.91 Å². The zero-order chi connectivity index (χ0) is 27.3. The minimum atomic E-state index is -4.26. The fourth-order valence-corrected chi connectivity index (χ4v) is 8.94. The summed E-state index contributed by atoms with van der Waals surface area (Å²) in [5, 5.41) is 3.38. The highest BCUT2D eigenvalue weighted by atomic mass is 35.5. The second kappa shape index (κ2) is 10.3. The summed E-state index contributed by atoms with van der Waals surface area (Å²) in [6.07, 6.45) is 1.72. The first-order chi connectivity index (χ1) is 18.0. The Labute approximate surface area is 230 Å². The van der Waals surface area contributed by atoms with Crippen molar-refractivity contribution in [1.29, 1.82) is 0 Å². The van der Waals surface area contributed by atoms with Crippen molar-refractivity contribution in [2.45, 2.75) is 66.1 Å². The number of hydrogen-bond acceptors (Lipinski definition) is 6. The number of benzene rings is 2. The van der Waals surface area contributed by atoms with Gasteiger partial charge in [-0.15, -0.1) is 11.8 Å². The van der Waals surface area contributed by atoms with Crippen LogP contribution in [0, 0.1) is 17.6 Å². The first kappa shape index (κ1) is 27.7. The molecule has 6 nitrogen and oxygen atoms in total. The molecule has 1 N–H and O–H groups in total. The molecule has 1 saturated carbocycles. The standard InChI is InChI=1S/C27H30ClF2NO5S2/c1-26(2,25(32)31-17-5-6-17)37-14-11-22-19-15-36-24-21(30)10-9-20(29)23(24)27(19,12-13-35-22)38(33,34)18-7-3-16(28)4-8-18/h3-4,7-10,17,19,22H,5-6,11-15H2,1-2H3,(H,31,32)/t19-,22-,27-/m0/s1. The summed E-state index contributed by atoms with van der Waals surface area (Å²) in [7, 11) is -4.26. The summed E-state index contributed by atoms with van der Waals surface area (Å²) in [4.78, 5) is 12.6. The summed E-state index contributed by atoms with van der Waals surface area (Å²) in [5.41, 5.74) is -0.284. The van der Waals surface area contributed by atoms with Crippen LogP contribution in [0.2, 0.25) is 5.02 Å². The van der Waals surface area contributed by atoms with Crippen LogP contribution in [-0.4, -0.2) is 50.2 Å². The summed E-state index contributed by atoms with van der Waals surface area (Å²) >= 11 is 7.46. The van der Waals surface area contributed by atoms with Gasteiger partial charge in [0.1, 0.15) is 10.6 Å². The third-order valence-corrected chi connectivity index (χ3v) is 11.8. The number of fused-ring (bicyclic) bond motifs is 3. The molecule has 11 heteroatoms. The van der Waals surface area contributed by atoms with E-state index >= 15 is 4.39 Å². The lowest BCUT2D eigenvalue weighted by molar-refractivity contribution is -0.122. The van der Waals surface area contributed by atoms with Gasteiger partial charge < -0.3 is 14.8 Å². The molecule has 0 unspecified atom stereocenters. The molecule has 2 fully saturated rings. The fraction of sp³-hybridized carbons (Fsp3) is 0.519. The van der Waals surface area contributed by atoms with Crippen LogP contribution in [0.25, 0.3) is 0 Å². The third-order valence-electron chi connectivity index (χ3n) is 7.67. The van der Waals surface area contributed by atoms with Gasteiger partial charge in [-0.3, -0.25) is 4.79 Å². The molecular weight excluding hydrogens is 556 g/mol. The molecule has 5 rings (SSSR count). The van der Waals surface area contributed by atoms with E-state index in [1.165, 1.54) is 36.0 Å². The number of amides is 1. The molecule has 0 bridgehead atoms. The first-order valence-electron chi connectivity index (χ1n) is 12.7. The molecule has 3 aliphatic rings. The number of rotatable bonds is 8. The van der Waals surface area contributed by atoms with Crippen molar-refractivity contribution in [3.63, 3.8) is 0 Å². The molecule has 2 aliphatic heterocycles. The summed E-state index contributed by atoms with van der Waals surface area (Å²) in [6, 6.07) is 7.83. The van der Waals surface area contributed by atoms with Gasteiger partial charge in [0.05, 0.1) is 27.9 Å². The number of halogens is 3. The van der Waals surface area contributed by atoms with Crippen molar-refractivity contribution in [2.75, 3.05) is 19.0 Å². The number of hydrogen-bond donors (Lipinski definition) is 1. The molecule has 1 amide bonds. The molecule has 1 aliphatic carbocycles. The highest BCUT2D eigenvalue weighted by molar-refractivity contribution is 8.01. The van der Waals surface area contributed by atoms with E-state index in [4.69, 9.17) is 21.1 Å². The maximum Gasteiger partial charge on any atom is 0.235 e. The Bertz CT molecular complexity index is 1330. The van der Waals surface area contributed by atoms with Crippen molar-refractivity contribution in [2.24, 2.45) is 5.92 Å². The van der Waals surface area contributed by atoms with Crippen LogP contribution in [0.5, 0.6) is 5.75 Å². The molecular formula is C27H30ClF2NO5S2. The molecule has 0 radical (unpaired) electrons. The average Bonchev–Trinajstić information content (AvgIpc) is 3.70. The van der Waals surface area contributed by atoms with E-state index < -0.39 is 43.0 Å². The highest BCUT2D eigenvalue weighted by Gasteiger charge is 2.61. The monoisotopic (exact) mass is 585 g/mol. The van der Waals surface area contributed by atoms with Crippen LogP contribution >= 0.6 is 23.4 Å². The SMILES string of the molecule is CC(C)(SCC[C@@H]1OCC[C@@]2(S(=O)(=O)c3ccc(Cl)cc3)c3c(F)ccc(F)c3OC[C@@H]12)C(=O)NC1CC1. The lowest BCUT2D eigenvalue weighted by atomic mass is 9.75. The number of carbonyl (C=O) groups excluding carboxylic acids is 1. The van der Waals surface area contributed by atoms with Crippen LogP contribution in [-0.2, 0) is 24.1 Å². The van der Waals surface area contributed by atoms with Crippen molar-refractivity contribution in [3.8, 4) is 5.75 Å². The van der Waals surface area contributed by atoms with Crippen LogP contribution in [0.3, 0.4) is 0 Å². The van der Waals surface area contributed by atoms with E-state index in [1.807, 2.05) is 13.8 Å². The Hall–Kier alpha value is -1.88. The van der Waals surface area contributed by atoms with E-state index in [0.29, 0.717) is 17.2 Å². The van der Waals surface area contributed by atoms with Crippen molar-refractivity contribution in [1.82, 2.24) is 5.32 Å². The number of ether oxygens (including phenoxy) is 2. The number of carbonyl (C=O) groups is 1. The predicted molar refractivity (Wildman–Crippen MR) is 142 cm³/mol. The molecule has 0 aromatic heterocycles. The highest BCUT2D eigenvalue weighted by Crippen LogP contribution is 2.56. The Morgan fingerprint density at radius 3 is 2.53 bits per heavy atom. The Balaban J connectivity index is 1.49. The number of sulfone groups is 1. The van der Waals surface area contributed by atoms with Gasteiger partial charge in [-0.1, -0.05) is 11.6 Å². The summed E-state index contributed by atoms with van der Waals surface area (Å²) < 4.78 is 68.3. The van der Waals surface area contributed by atoms with Crippen molar-refractivity contribution in [3.05, 3.63) is 58.6 Å².